The molecule has 26 heavy (non-hydrogen) atoms. The number of sulfonamides is 1. The molecular weight excluding hydrogens is 368 g/mol. The van der Waals surface area contributed by atoms with Gasteiger partial charge in [0, 0.05) is 31.7 Å². The van der Waals surface area contributed by atoms with E-state index in [1.807, 2.05) is 43.3 Å². The molecule has 1 aliphatic heterocycles. The van der Waals surface area contributed by atoms with Crippen LogP contribution in [0, 0.1) is 6.92 Å². The summed E-state index contributed by atoms with van der Waals surface area (Å²) >= 11 is 5.58. The number of rotatable bonds is 4. The van der Waals surface area contributed by atoms with Crippen LogP contribution in [-0.4, -0.2) is 55.9 Å². The summed E-state index contributed by atoms with van der Waals surface area (Å²) in [6.45, 7) is 3.94. The predicted octanol–water partition coefficient (Wildman–Crippen LogP) is 2.69. The van der Waals surface area contributed by atoms with Gasteiger partial charge >= 0.3 is 0 Å². The normalized spacial score (nSPS) is 15.7. The molecule has 0 unspecified atom stereocenters. The molecule has 1 aliphatic rings. The van der Waals surface area contributed by atoms with Crippen LogP contribution in [0.2, 0.25) is 0 Å². The first-order valence-electron chi connectivity index (χ1n) is 8.42. The molecule has 0 amide bonds. The Morgan fingerprint density at radius 1 is 0.962 bits per heavy atom. The Kier molecular flexibility index (Phi) is 5.60. The zero-order valence-corrected chi connectivity index (χ0v) is 16.5. The van der Waals surface area contributed by atoms with Crippen LogP contribution in [-0.2, 0) is 10.0 Å². The first-order valence-corrected chi connectivity index (χ1v) is 10.3. The second-order valence-corrected chi connectivity index (χ2v) is 8.56. The number of thiocarbonyl (C=S) groups is 1. The first-order chi connectivity index (χ1) is 12.4. The Hall–Kier alpha value is -1.96. The average Bonchev–Trinajstić information content (AvgIpc) is 2.68. The third-order valence-electron chi connectivity index (χ3n) is 4.52. The highest BCUT2D eigenvalue weighted by atomic mass is 32.2. The fraction of sp³-hybridized carbons (Fsp3) is 0.316. The van der Waals surface area contributed by atoms with E-state index in [1.54, 1.807) is 19.2 Å². The molecule has 138 valence electrons. The quantitative estimate of drug-likeness (QED) is 0.752. The number of aryl methyl sites for hydroxylation is 1. The zero-order valence-electron chi connectivity index (χ0n) is 14.9. The van der Waals surface area contributed by atoms with E-state index >= 15 is 0 Å². The van der Waals surface area contributed by atoms with Crippen LogP contribution in [0.4, 0.5) is 0 Å². The van der Waals surface area contributed by atoms with Gasteiger partial charge in [-0.1, -0.05) is 29.9 Å². The Balaban J connectivity index is 1.66. The number of benzene rings is 2. The van der Waals surface area contributed by atoms with Gasteiger partial charge in [-0.15, -0.1) is 0 Å². The topological polar surface area (TPSA) is 49.9 Å². The molecule has 0 radical (unpaired) electrons. The van der Waals surface area contributed by atoms with Gasteiger partial charge < -0.3 is 9.64 Å². The van der Waals surface area contributed by atoms with Gasteiger partial charge in [-0.2, -0.15) is 4.31 Å². The van der Waals surface area contributed by atoms with E-state index in [2.05, 4.69) is 4.90 Å². The molecule has 0 N–H and O–H groups in total. The van der Waals surface area contributed by atoms with Crippen LogP contribution in [0.25, 0.3) is 0 Å². The largest absolute Gasteiger partial charge is 0.497 e. The van der Waals surface area contributed by atoms with Crippen molar-refractivity contribution in [2.24, 2.45) is 0 Å². The molecule has 2 aromatic rings. The van der Waals surface area contributed by atoms with E-state index in [0.717, 1.165) is 21.9 Å². The minimum atomic E-state index is -3.45. The summed E-state index contributed by atoms with van der Waals surface area (Å²) in [6, 6.07) is 14.6. The lowest BCUT2D eigenvalue weighted by molar-refractivity contribution is 0.269. The van der Waals surface area contributed by atoms with Gasteiger partial charge in [-0.05, 0) is 43.3 Å². The third kappa shape index (κ3) is 3.90. The van der Waals surface area contributed by atoms with Crippen molar-refractivity contribution in [1.29, 1.82) is 0 Å². The average molecular weight is 391 g/mol. The third-order valence-corrected chi connectivity index (χ3v) is 6.93. The van der Waals surface area contributed by atoms with Gasteiger partial charge in [0.25, 0.3) is 0 Å². The lowest BCUT2D eigenvalue weighted by atomic mass is 10.2. The lowest BCUT2D eigenvalue weighted by Gasteiger charge is -2.35. The van der Waals surface area contributed by atoms with Crippen molar-refractivity contribution in [1.82, 2.24) is 9.21 Å². The fourth-order valence-corrected chi connectivity index (χ4v) is 4.65. The maximum atomic E-state index is 12.8. The maximum absolute atomic E-state index is 12.8. The van der Waals surface area contributed by atoms with E-state index in [9.17, 15) is 8.42 Å². The summed E-state index contributed by atoms with van der Waals surface area (Å²) in [5, 5.41) is 0. The molecule has 1 heterocycles. The van der Waals surface area contributed by atoms with Gasteiger partial charge in [0.05, 0.1) is 12.0 Å². The second kappa shape index (κ2) is 7.73. The maximum Gasteiger partial charge on any atom is 0.243 e. The Morgan fingerprint density at radius 2 is 1.54 bits per heavy atom. The lowest BCUT2D eigenvalue weighted by Crippen LogP contribution is -2.50. The highest BCUT2D eigenvalue weighted by molar-refractivity contribution is 7.89. The van der Waals surface area contributed by atoms with Crippen LogP contribution >= 0.6 is 12.2 Å². The molecular formula is C19H22N2O3S2. The van der Waals surface area contributed by atoms with Crippen molar-refractivity contribution >= 4 is 27.2 Å². The monoisotopic (exact) mass is 390 g/mol. The zero-order chi connectivity index (χ0) is 18.7. The van der Waals surface area contributed by atoms with Gasteiger partial charge in [-0.25, -0.2) is 8.42 Å². The highest BCUT2D eigenvalue weighted by Crippen LogP contribution is 2.20. The predicted molar refractivity (Wildman–Crippen MR) is 106 cm³/mol. The van der Waals surface area contributed by atoms with Crippen molar-refractivity contribution in [3.63, 3.8) is 0 Å². The molecule has 0 saturated carbocycles. The number of ether oxygens (including phenoxy) is 1. The molecule has 0 atom stereocenters. The van der Waals surface area contributed by atoms with Crippen LogP contribution in [0.5, 0.6) is 5.75 Å². The molecule has 0 aliphatic carbocycles. The molecule has 0 aromatic heterocycles. The summed E-state index contributed by atoms with van der Waals surface area (Å²) in [5.41, 5.74) is 1.98. The van der Waals surface area contributed by atoms with Gasteiger partial charge in [0.1, 0.15) is 10.7 Å². The van der Waals surface area contributed by atoms with E-state index in [0.29, 0.717) is 31.1 Å². The smallest absolute Gasteiger partial charge is 0.243 e. The first kappa shape index (κ1) is 18.8. The molecule has 0 bridgehead atoms. The van der Waals surface area contributed by atoms with Crippen LogP contribution in [0.15, 0.2) is 53.4 Å². The number of hydrogen-bond acceptors (Lipinski definition) is 4. The number of piperazine rings is 1. The molecule has 2 aromatic carbocycles. The number of nitrogens with zero attached hydrogens (tertiary/aromatic N) is 2. The van der Waals surface area contributed by atoms with Crippen molar-refractivity contribution in [3.8, 4) is 5.75 Å². The van der Waals surface area contributed by atoms with Crippen molar-refractivity contribution < 1.29 is 13.2 Å². The van der Waals surface area contributed by atoms with Crippen LogP contribution in [0.3, 0.4) is 0 Å². The summed E-state index contributed by atoms with van der Waals surface area (Å²) in [5.74, 6) is 0.783. The summed E-state index contributed by atoms with van der Waals surface area (Å²) in [4.78, 5) is 3.13. The molecule has 0 spiro atoms. The minimum Gasteiger partial charge on any atom is -0.497 e. The van der Waals surface area contributed by atoms with Crippen molar-refractivity contribution in [2.75, 3.05) is 33.3 Å². The molecule has 1 saturated heterocycles. The Morgan fingerprint density at radius 3 is 2.08 bits per heavy atom. The van der Waals surface area contributed by atoms with Gasteiger partial charge in [0.2, 0.25) is 10.0 Å². The number of hydrogen-bond donors (Lipinski definition) is 0. The van der Waals surface area contributed by atoms with E-state index in [1.165, 1.54) is 4.31 Å². The van der Waals surface area contributed by atoms with E-state index < -0.39 is 10.0 Å². The molecule has 5 nitrogen and oxygen atoms in total. The molecule has 1 fully saturated rings. The Labute approximate surface area is 160 Å². The minimum absolute atomic E-state index is 0.342. The fourth-order valence-electron chi connectivity index (χ4n) is 2.91. The standard InChI is InChI=1S/C19H22N2O3S2/c1-15-3-9-18(10-4-15)26(22,23)21-13-11-20(12-14-21)19(25)16-5-7-17(24-2)8-6-16/h3-10H,11-14H2,1-2H3. The van der Waals surface area contributed by atoms with Crippen molar-refractivity contribution in [2.45, 2.75) is 11.8 Å². The Bertz CT molecular complexity index is 870. The summed E-state index contributed by atoms with van der Waals surface area (Å²) in [6.07, 6.45) is 0. The summed E-state index contributed by atoms with van der Waals surface area (Å²) < 4.78 is 32.3. The number of methoxy groups -OCH3 is 1. The van der Waals surface area contributed by atoms with Gasteiger partial charge in [0.15, 0.2) is 0 Å². The van der Waals surface area contributed by atoms with Crippen molar-refractivity contribution in [3.05, 3.63) is 59.7 Å². The second-order valence-electron chi connectivity index (χ2n) is 6.24. The van der Waals surface area contributed by atoms with Gasteiger partial charge in [-0.3, -0.25) is 0 Å². The van der Waals surface area contributed by atoms with Crippen LogP contribution < -0.4 is 4.74 Å². The van der Waals surface area contributed by atoms with E-state index in [-0.39, 0.29) is 0 Å². The molecule has 7 heteroatoms. The highest BCUT2D eigenvalue weighted by Gasteiger charge is 2.29. The molecule has 3 rings (SSSR count). The SMILES string of the molecule is COc1ccc(C(=S)N2CCN(S(=O)(=O)c3ccc(C)cc3)CC2)cc1. The summed E-state index contributed by atoms with van der Waals surface area (Å²) in [7, 11) is -1.83. The van der Waals surface area contributed by atoms with E-state index in [4.69, 9.17) is 17.0 Å². The van der Waals surface area contributed by atoms with Crippen LogP contribution in [0.1, 0.15) is 11.1 Å².